The first-order valence-corrected chi connectivity index (χ1v) is 7.84. The van der Waals surface area contributed by atoms with Gasteiger partial charge in [-0.05, 0) is 24.3 Å². The van der Waals surface area contributed by atoms with Gasteiger partial charge in [-0.3, -0.25) is 14.5 Å². The van der Waals surface area contributed by atoms with Gasteiger partial charge in [0.15, 0.2) is 0 Å². The number of β-lactam (4-membered cyclic amide) rings is 1. The Hall–Kier alpha value is -2.34. The summed E-state index contributed by atoms with van der Waals surface area (Å²) in [5.41, 5.74) is 5.78. The zero-order valence-corrected chi connectivity index (χ0v) is 14.5. The van der Waals surface area contributed by atoms with Gasteiger partial charge in [0.05, 0.1) is 6.42 Å². The van der Waals surface area contributed by atoms with Crippen LogP contribution in [0.25, 0.3) is 0 Å². The number of aliphatic imine (C=N–C) groups is 1. The summed E-state index contributed by atoms with van der Waals surface area (Å²) in [4.78, 5) is 29.2. The smallest absolute Gasteiger partial charge is 0.271 e. The molecule has 3 N–H and O–H groups in total. The van der Waals surface area contributed by atoms with Crippen molar-refractivity contribution in [2.24, 2.45) is 16.1 Å². The van der Waals surface area contributed by atoms with E-state index in [1.54, 1.807) is 45.0 Å². The van der Waals surface area contributed by atoms with E-state index in [4.69, 9.17) is 17.3 Å². The number of anilines is 1. The Kier molecular flexibility index (Phi) is 4.99. The van der Waals surface area contributed by atoms with Gasteiger partial charge in [-0.15, -0.1) is 0 Å². The fourth-order valence-electron chi connectivity index (χ4n) is 2.13. The van der Waals surface area contributed by atoms with Gasteiger partial charge in [0, 0.05) is 22.2 Å². The molecule has 0 aliphatic carbocycles. The predicted octanol–water partition coefficient (Wildman–Crippen LogP) is 2.82. The number of aliphatic hydroxyl groups excluding tert-OH is 1. The molecule has 1 heterocycles. The second kappa shape index (κ2) is 6.65. The minimum absolute atomic E-state index is 0.0239. The highest BCUT2D eigenvalue weighted by atomic mass is 35.5. The van der Waals surface area contributed by atoms with E-state index in [1.165, 1.54) is 11.0 Å². The van der Waals surface area contributed by atoms with E-state index < -0.39 is 17.4 Å². The van der Waals surface area contributed by atoms with E-state index >= 15 is 0 Å². The third kappa shape index (κ3) is 3.94. The molecule has 0 saturated carbocycles. The van der Waals surface area contributed by atoms with Gasteiger partial charge in [-0.1, -0.05) is 32.4 Å². The van der Waals surface area contributed by atoms with E-state index in [0.29, 0.717) is 10.7 Å². The van der Waals surface area contributed by atoms with Gasteiger partial charge >= 0.3 is 0 Å². The standard InChI is InChI=1S/C17H20ClN3O3/c1-17(2,3)13(22)9-14(19)20-16(24)12-8-15(23)21(12)11-6-4-10(18)5-7-11/h4-7,9,12,22H,8H2,1-3H3,(H2,19,20,24)/b13-9-. The summed E-state index contributed by atoms with van der Waals surface area (Å²) < 4.78 is 0. The lowest BCUT2D eigenvalue weighted by molar-refractivity contribution is -0.131. The summed E-state index contributed by atoms with van der Waals surface area (Å²) in [6.07, 6.45) is 1.33. The lowest BCUT2D eigenvalue weighted by Gasteiger charge is -2.38. The van der Waals surface area contributed by atoms with Crippen molar-refractivity contribution >= 4 is 34.9 Å². The zero-order valence-electron chi connectivity index (χ0n) is 13.8. The van der Waals surface area contributed by atoms with Crippen LogP contribution < -0.4 is 10.6 Å². The molecule has 1 unspecified atom stereocenters. The molecule has 0 bridgehead atoms. The average molecular weight is 350 g/mol. The Labute approximate surface area is 145 Å². The summed E-state index contributed by atoms with van der Waals surface area (Å²) in [5, 5.41) is 10.4. The number of hydrogen-bond donors (Lipinski definition) is 2. The second-order valence-corrected chi connectivity index (χ2v) is 7.05. The zero-order chi connectivity index (χ0) is 18.1. The van der Waals surface area contributed by atoms with Crippen molar-refractivity contribution in [2.75, 3.05) is 4.90 Å². The largest absolute Gasteiger partial charge is 0.512 e. The fourth-order valence-corrected chi connectivity index (χ4v) is 2.26. The molecule has 128 valence electrons. The number of rotatable bonds is 3. The highest BCUT2D eigenvalue weighted by Gasteiger charge is 2.42. The number of allylic oxidation sites excluding steroid dienone is 1. The van der Waals surface area contributed by atoms with Gasteiger partial charge in [0.2, 0.25) is 5.91 Å². The molecule has 6 nitrogen and oxygen atoms in total. The molecular weight excluding hydrogens is 330 g/mol. The predicted molar refractivity (Wildman–Crippen MR) is 94.1 cm³/mol. The SMILES string of the molecule is CC(C)(C)/C(O)=C/C(N)=NC(=O)C1CC(=O)N1c1ccc(Cl)cc1. The molecule has 0 aromatic heterocycles. The highest BCUT2D eigenvalue weighted by Crippen LogP contribution is 2.29. The van der Waals surface area contributed by atoms with Crippen LogP contribution in [0.15, 0.2) is 41.1 Å². The molecule has 24 heavy (non-hydrogen) atoms. The maximum atomic E-state index is 12.3. The molecule has 7 heteroatoms. The topological polar surface area (TPSA) is 96.0 Å². The third-order valence-electron chi connectivity index (χ3n) is 3.63. The Bertz CT molecular complexity index is 718. The Morgan fingerprint density at radius 2 is 1.96 bits per heavy atom. The summed E-state index contributed by atoms with van der Waals surface area (Å²) in [6, 6.07) is 5.93. The molecule has 2 rings (SSSR count). The van der Waals surface area contributed by atoms with Crippen molar-refractivity contribution < 1.29 is 14.7 Å². The lowest BCUT2D eigenvalue weighted by Crippen LogP contribution is -2.56. The van der Waals surface area contributed by atoms with Crippen LogP contribution in [-0.4, -0.2) is 28.8 Å². The highest BCUT2D eigenvalue weighted by molar-refractivity contribution is 6.30. The van der Waals surface area contributed by atoms with Crippen LogP contribution in [0.1, 0.15) is 27.2 Å². The molecule has 2 amide bonds. The van der Waals surface area contributed by atoms with Gasteiger partial charge in [0.1, 0.15) is 17.6 Å². The number of halogens is 1. The van der Waals surface area contributed by atoms with E-state index in [1.807, 2.05) is 0 Å². The van der Waals surface area contributed by atoms with Crippen LogP contribution in [-0.2, 0) is 9.59 Å². The Morgan fingerprint density at radius 1 is 1.38 bits per heavy atom. The summed E-state index contributed by atoms with van der Waals surface area (Å²) in [7, 11) is 0. The number of carbonyl (C=O) groups excluding carboxylic acids is 2. The molecule has 1 fully saturated rings. The summed E-state index contributed by atoms with van der Waals surface area (Å²) >= 11 is 5.83. The maximum absolute atomic E-state index is 12.3. The number of amidine groups is 1. The van der Waals surface area contributed by atoms with E-state index in [2.05, 4.69) is 4.99 Å². The van der Waals surface area contributed by atoms with Crippen LogP contribution in [0.3, 0.4) is 0 Å². The Morgan fingerprint density at radius 3 is 2.46 bits per heavy atom. The van der Waals surface area contributed by atoms with E-state index in [0.717, 1.165) is 0 Å². The van der Waals surface area contributed by atoms with Crippen LogP contribution in [0.4, 0.5) is 5.69 Å². The van der Waals surface area contributed by atoms with Gasteiger partial charge in [0.25, 0.3) is 5.91 Å². The number of nitrogens with two attached hydrogens (primary N) is 1. The number of benzene rings is 1. The van der Waals surface area contributed by atoms with Crippen molar-refractivity contribution in [3.05, 3.63) is 41.1 Å². The first-order valence-electron chi connectivity index (χ1n) is 7.46. The van der Waals surface area contributed by atoms with E-state index in [9.17, 15) is 14.7 Å². The Balaban J connectivity index is 2.16. The van der Waals surface area contributed by atoms with Crippen LogP contribution >= 0.6 is 11.6 Å². The number of amides is 2. The summed E-state index contributed by atoms with van der Waals surface area (Å²) in [6.45, 7) is 5.42. The minimum Gasteiger partial charge on any atom is -0.512 e. The van der Waals surface area contributed by atoms with Crippen molar-refractivity contribution in [1.29, 1.82) is 0 Å². The van der Waals surface area contributed by atoms with Crippen LogP contribution in [0, 0.1) is 5.41 Å². The van der Waals surface area contributed by atoms with Crippen LogP contribution in [0.2, 0.25) is 5.02 Å². The molecule has 1 aromatic carbocycles. The normalized spacial score (nSPS) is 19.2. The number of carbonyl (C=O) groups is 2. The molecular formula is C17H20ClN3O3. The molecule has 1 aliphatic rings. The maximum Gasteiger partial charge on any atom is 0.271 e. The average Bonchev–Trinajstić information content (AvgIpc) is 2.45. The second-order valence-electron chi connectivity index (χ2n) is 6.61. The molecule has 1 aliphatic heterocycles. The quantitative estimate of drug-likeness (QED) is 0.379. The molecule has 0 spiro atoms. The van der Waals surface area contributed by atoms with Crippen molar-refractivity contribution in [2.45, 2.75) is 33.2 Å². The molecule has 1 aromatic rings. The monoisotopic (exact) mass is 349 g/mol. The van der Waals surface area contributed by atoms with Crippen molar-refractivity contribution in [3.8, 4) is 0 Å². The molecule has 0 radical (unpaired) electrons. The fraction of sp³-hybridized carbons (Fsp3) is 0.353. The van der Waals surface area contributed by atoms with Crippen molar-refractivity contribution in [1.82, 2.24) is 0 Å². The van der Waals surface area contributed by atoms with Gasteiger partial charge in [-0.25, -0.2) is 0 Å². The number of hydrogen-bond acceptors (Lipinski definition) is 3. The molecule has 1 saturated heterocycles. The van der Waals surface area contributed by atoms with E-state index in [-0.39, 0.29) is 23.9 Å². The minimum atomic E-state index is -0.692. The van der Waals surface area contributed by atoms with Crippen molar-refractivity contribution in [3.63, 3.8) is 0 Å². The number of nitrogens with zero attached hydrogens (tertiary/aromatic N) is 2. The lowest BCUT2D eigenvalue weighted by atomic mass is 9.93. The third-order valence-corrected chi connectivity index (χ3v) is 3.88. The first-order chi connectivity index (χ1) is 11.1. The summed E-state index contributed by atoms with van der Waals surface area (Å²) in [5.74, 6) is -0.767. The van der Waals surface area contributed by atoms with Gasteiger partial charge in [-0.2, -0.15) is 4.99 Å². The first kappa shape index (κ1) is 18.0. The molecule has 1 atom stereocenters. The van der Waals surface area contributed by atoms with Gasteiger partial charge < -0.3 is 10.8 Å². The number of aliphatic hydroxyl groups is 1. The van der Waals surface area contributed by atoms with Crippen LogP contribution in [0.5, 0.6) is 0 Å².